The van der Waals surface area contributed by atoms with Crippen LogP contribution in [0.2, 0.25) is 0 Å². The molecule has 1 heterocycles. The van der Waals surface area contributed by atoms with Gasteiger partial charge in [-0.1, -0.05) is 0 Å². The van der Waals surface area contributed by atoms with Crippen molar-refractivity contribution < 1.29 is 19.1 Å². The summed E-state index contributed by atoms with van der Waals surface area (Å²) >= 11 is 0. The number of aldehydes is 1. The van der Waals surface area contributed by atoms with Gasteiger partial charge in [-0.15, -0.1) is 0 Å². The number of carbonyl (C=O) groups excluding carboxylic acids is 1. The maximum absolute atomic E-state index is 10.3. The van der Waals surface area contributed by atoms with Crippen molar-refractivity contribution in [2.24, 2.45) is 0 Å². The second kappa shape index (κ2) is 2.57. The molecule has 58 valence electrons. The van der Waals surface area contributed by atoms with Crippen molar-refractivity contribution in [3.05, 3.63) is 23.2 Å². The van der Waals surface area contributed by atoms with Crippen molar-refractivity contribution in [1.29, 1.82) is 0 Å². The van der Waals surface area contributed by atoms with Gasteiger partial charge in [0.15, 0.2) is 12.0 Å². The van der Waals surface area contributed by atoms with Gasteiger partial charge in [-0.3, -0.25) is 4.79 Å². The Bertz CT molecular complexity index is 297. The molecule has 0 atom stereocenters. The molecular weight excluding hydrogens is 148 g/mol. The molecule has 1 rings (SSSR count). The van der Waals surface area contributed by atoms with E-state index in [1.165, 1.54) is 6.07 Å². The van der Waals surface area contributed by atoms with Gasteiger partial charge in [0.2, 0.25) is 5.76 Å². The van der Waals surface area contributed by atoms with Crippen molar-refractivity contribution >= 4 is 12.3 Å². The van der Waals surface area contributed by atoms with E-state index in [1.54, 1.807) is 6.92 Å². The average Bonchev–Trinajstić information content (AvgIpc) is 2.31. The standard InChI is InChI=1S/C7H6O4/c1-4-2-5(7(9)10)11-6(4)3-8/h2-3H,1H3,(H,9,10). The van der Waals surface area contributed by atoms with Gasteiger partial charge < -0.3 is 9.52 Å². The van der Waals surface area contributed by atoms with E-state index >= 15 is 0 Å². The summed E-state index contributed by atoms with van der Waals surface area (Å²) in [5.74, 6) is -1.30. The summed E-state index contributed by atoms with van der Waals surface area (Å²) in [5, 5.41) is 8.41. The molecule has 0 bridgehead atoms. The van der Waals surface area contributed by atoms with Crippen molar-refractivity contribution in [3.63, 3.8) is 0 Å². The lowest BCUT2D eigenvalue weighted by Crippen LogP contribution is -1.91. The van der Waals surface area contributed by atoms with Crippen molar-refractivity contribution in [2.75, 3.05) is 0 Å². The monoisotopic (exact) mass is 154 g/mol. The quantitative estimate of drug-likeness (QED) is 0.647. The number of rotatable bonds is 2. The van der Waals surface area contributed by atoms with Gasteiger partial charge in [0.1, 0.15) is 0 Å². The van der Waals surface area contributed by atoms with E-state index in [-0.39, 0.29) is 11.5 Å². The van der Waals surface area contributed by atoms with Crippen LogP contribution < -0.4 is 0 Å². The van der Waals surface area contributed by atoms with E-state index in [4.69, 9.17) is 5.11 Å². The van der Waals surface area contributed by atoms with E-state index in [1.807, 2.05) is 0 Å². The minimum atomic E-state index is -1.17. The molecule has 11 heavy (non-hydrogen) atoms. The predicted octanol–water partition coefficient (Wildman–Crippen LogP) is 1.10. The van der Waals surface area contributed by atoms with Gasteiger partial charge in [0, 0.05) is 0 Å². The molecule has 1 aromatic rings. The molecule has 0 aromatic carbocycles. The number of carbonyl (C=O) groups is 2. The van der Waals surface area contributed by atoms with Crippen LogP contribution in [-0.4, -0.2) is 17.4 Å². The first-order chi connectivity index (χ1) is 5.15. The van der Waals surface area contributed by atoms with Gasteiger partial charge in [-0.25, -0.2) is 4.79 Å². The second-order valence-electron chi connectivity index (χ2n) is 2.08. The fourth-order valence-corrected chi connectivity index (χ4v) is 0.719. The molecule has 0 saturated carbocycles. The van der Waals surface area contributed by atoms with Crippen molar-refractivity contribution in [1.82, 2.24) is 0 Å². The molecule has 0 saturated heterocycles. The highest BCUT2D eigenvalue weighted by Gasteiger charge is 2.11. The SMILES string of the molecule is Cc1cc(C(=O)O)oc1C=O. The van der Waals surface area contributed by atoms with E-state index in [0.29, 0.717) is 11.8 Å². The molecule has 0 fully saturated rings. The smallest absolute Gasteiger partial charge is 0.371 e. The lowest BCUT2D eigenvalue weighted by molar-refractivity contribution is 0.0661. The zero-order chi connectivity index (χ0) is 8.43. The topological polar surface area (TPSA) is 67.5 Å². The number of hydrogen-bond donors (Lipinski definition) is 1. The lowest BCUT2D eigenvalue weighted by atomic mass is 10.3. The average molecular weight is 154 g/mol. The molecule has 0 unspecified atom stereocenters. The largest absolute Gasteiger partial charge is 0.475 e. The molecule has 0 spiro atoms. The fraction of sp³-hybridized carbons (Fsp3) is 0.143. The van der Waals surface area contributed by atoms with Crippen LogP contribution in [0.3, 0.4) is 0 Å². The van der Waals surface area contributed by atoms with Crippen molar-refractivity contribution in [3.8, 4) is 0 Å². The maximum atomic E-state index is 10.3. The Morgan fingerprint density at radius 1 is 1.73 bits per heavy atom. The Kier molecular flexibility index (Phi) is 1.76. The summed E-state index contributed by atoms with van der Waals surface area (Å²) in [6.07, 6.45) is 0.488. The molecule has 4 nitrogen and oxygen atoms in total. The fourth-order valence-electron chi connectivity index (χ4n) is 0.719. The summed E-state index contributed by atoms with van der Waals surface area (Å²) in [6, 6.07) is 1.31. The number of furan rings is 1. The molecule has 0 radical (unpaired) electrons. The number of carboxylic acids is 1. The summed E-state index contributed by atoms with van der Waals surface area (Å²) in [6.45, 7) is 1.61. The van der Waals surface area contributed by atoms with Gasteiger partial charge in [0.25, 0.3) is 0 Å². The molecule has 0 amide bonds. The highest BCUT2D eigenvalue weighted by Crippen LogP contribution is 2.11. The molecule has 0 aliphatic rings. The summed E-state index contributed by atoms with van der Waals surface area (Å²) < 4.78 is 4.66. The van der Waals surface area contributed by atoms with Gasteiger partial charge in [0.05, 0.1) is 0 Å². The third kappa shape index (κ3) is 1.29. The van der Waals surface area contributed by atoms with Gasteiger partial charge in [-0.05, 0) is 18.6 Å². The highest BCUT2D eigenvalue weighted by atomic mass is 16.4. The van der Waals surface area contributed by atoms with Crippen LogP contribution in [0, 0.1) is 6.92 Å². The van der Waals surface area contributed by atoms with Crippen LogP contribution in [0.15, 0.2) is 10.5 Å². The first-order valence-electron chi connectivity index (χ1n) is 2.94. The van der Waals surface area contributed by atoms with Crippen LogP contribution >= 0.6 is 0 Å². The van der Waals surface area contributed by atoms with E-state index < -0.39 is 5.97 Å². The van der Waals surface area contributed by atoms with Crippen LogP contribution in [0.25, 0.3) is 0 Å². The van der Waals surface area contributed by atoms with Gasteiger partial charge in [-0.2, -0.15) is 0 Å². The molecule has 4 heteroatoms. The second-order valence-corrected chi connectivity index (χ2v) is 2.08. The maximum Gasteiger partial charge on any atom is 0.371 e. The Labute approximate surface area is 62.4 Å². The first kappa shape index (κ1) is 7.53. The third-order valence-electron chi connectivity index (χ3n) is 1.27. The summed E-state index contributed by atoms with van der Waals surface area (Å²) in [7, 11) is 0. The summed E-state index contributed by atoms with van der Waals surface area (Å²) in [5.41, 5.74) is 0.539. The van der Waals surface area contributed by atoms with Crippen LogP contribution in [0.4, 0.5) is 0 Å². The predicted molar refractivity (Wildman–Crippen MR) is 35.8 cm³/mol. The number of aromatic carboxylic acids is 1. The molecular formula is C7H6O4. The minimum absolute atomic E-state index is 0.0717. The van der Waals surface area contributed by atoms with E-state index in [0.717, 1.165) is 0 Å². The Hall–Kier alpha value is -1.58. The Balaban J connectivity index is 3.14. The van der Waals surface area contributed by atoms with E-state index in [9.17, 15) is 9.59 Å². The van der Waals surface area contributed by atoms with Crippen LogP contribution in [-0.2, 0) is 0 Å². The number of carboxylic acid groups (broad SMARTS) is 1. The van der Waals surface area contributed by atoms with Crippen LogP contribution in [0.1, 0.15) is 26.7 Å². The zero-order valence-electron chi connectivity index (χ0n) is 5.83. The zero-order valence-corrected chi connectivity index (χ0v) is 5.83. The Morgan fingerprint density at radius 3 is 2.64 bits per heavy atom. The molecule has 0 aliphatic heterocycles. The van der Waals surface area contributed by atoms with E-state index in [2.05, 4.69) is 4.42 Å². The minimum Gasteiger partial charge on any atom is -0.475 e. The molecule has 1 aromatic heterocycles. The van der Waals surface area contributed by atoms with Gasteiger partial charge >= 0.3 is 5.97 Å². The third-order valence-corrected chi connectivity index (χ3v) is 1.27. The lowest BCUT2D eigenvalue weighted by Gasteiger charge is -1.82. The Morgan fingerprint density at radius 2 is 2.36 bits per heavy atom. The first-order valence-corrected chi connectivity index (χ1v) is 2.94. The normalized spacial score (nSPS) is 9.55. The number of aryl methyl sites for hydroxylation is 1. The highest BCUT2D eigenvalue weighted by molar-refractivity contribution is 5.86. The summed E-state index contributed by atoms with van der Waals surface area (Å²) in [4.78, 5) is 20.4. The molecule has 0 aliphatic carbocycles. The van der Waals surface area contributed by atoms with Crippen molar-refractivity contribution in [2.45, 2.75) is 6.92 Å². The molecule has 1 N–H and O–H groups in total. The number of hydrogen-bond acceptors (Lipinski definition) is 3. The van der Waals surface area contributed by atoms with Crippen LogP contribution in [0.5, 0.6) is 0 Å².